The van der Waals surface area contributed by atoms with Gasteiger partial charge in [0.2, 0.25) is 5.91 Å². The Kier molecular flexibility index (Phi) is 5.95. The average molecular weight is 303 g/mol. The highest BCUT2D eigenvalue weighted by Crippen LogP contribution is 2.17. The van der Waals surface area contributed by atoms with Crippen LogP contribution >= 0.6 is 0 Å². The van der Waals surface area contributed by atoms with E-state index in [2.05, 4.69) is 22.5 Å². The van der Waals surface area contributed by atoms with Gasteiger partial charge in [0.15, 0.2) is 0 Å². The highest BCUT2D eigenvalue weighted by atomic mass is 16.2. The molecule has 22 heavy (non-hydrogen) atoms. The minimum atomic E-state index is -0.439. The third kappa shape index (κ3) is 4.84. The van der Waals surface area contributed by atoms with Crippen molar-refractivity contribution in [2.75, 3.05) is 13.1 Å². The van der Waals surface area contributed by atoms with Crippen molar-refractivity contribution in [2.45, 2.75) is 39.3 Å². The van der Waals surface area contributed by atoms with Crippen LogP contribution in [0, 0.1) is 5.92 Å². The Balaban J connectivity index is 1.74. The lowest BCUT2D eigenvalue weighted by atomic mass is 9.98. The van der Waals surface area contributed by atoms with Gasteiger partial charge in [-0.25, -0.2) is 4.79 Å². The van der Waals surface area contributed by atoms with Gasteiger partial charge in [0.1, 0.15) is 0 Å². The summed E-state index contributed by atoms with van der Waals surface area (Å²) in [6.07, 6.45) is 2.22. The van der Waals surface area contributed by atoms with E-state index in [-0.39, 0.29) is 11.9 Å². The number of carbonyl (C=O) groups excluding carboxylic acids is 2. The van der Waals surface area contributed by atoms with E-state index in [1.54, 1.807) is 0 Å². The van der Waals surface area contributed by atoms with Gasteiger partial charge < -0.3 is 5.32 Å². The number of hydrogen-bond acceptors (Lipinski definition) is 3. The van der Waals surface area contributed by atoms with E-state index in [1.165, 1.54) is 0 Å². The molecule has 2 rings (SSSR count). The van der Waals surface area contributed by atoms with Gasteiger partial charge in [0.05, 0.1) is 6.04 Å². The number of rotatable bonds is 4. The maximum absolute atomic E-state index is 12.1. The van der Waals surface area contributed by atoms with Crippen molar-refractivity contribution in [3.05, 3.63) is 35.9 Å². The zero-order valence-electron chi connectivity index (χ0n) is 13.3. The van der Waals surface area contributed by atoms with E-state index in [1.807, 2.05) is 37.3 Å². The van der Waals surface area contributed by atoms with Crippen molar-refractivity contribution in [1.82, 2.24) is 15.5 Å². The van der Waals surface area contributed by atoms with Crippen LogP contribution in [0.2, 0.25) is 0 Å². The van der Waals surface area contributed by atoms with Gasteiger partial charge in [-0.1, -0.05) is 37.3 Å². The SMILES string of the molecule is CC1CCN([C@@H](C)C(=O)NC(=O)NCc2ccccc2)CC1. The monoisotopic (exact) mass is 303 g/mol. The summed E-state index contributed by atoms with van der Waals surface area (Å²) >= 11 is 0. The largest absolute Gasteiger partial charge is 0.334 e. The molecule has 0 aliphatic carbocycles. The molecular formula is C17H25N3O2. The molecule has 1 aliphatic rings. The number of nitrogens with one attached hydrogen (secondary N) is 2. The summed E-state index contributed by atoms with van der Waals surface area (Å²) in [7, 11) is 0. The van der Waals surface area contributed by atoms with Crippen molar-refractivity contribution < 1.29 is 9.59 Å². The van der Waals surface area contributed by atoms with E-state index in [0.717, 1.165) is 37.4 Å². The number of hydrogen-bond donors (Lipinski definition) is 2. The Labute approximate surface area is 132 Å². The number of benzene rings is 1. The van der Waals surface area contributed by atoms with Crippen LogP contribution in [0.3, 0.4) is 0 Å². The smallest absolute Gasteiger partial charge is 0.321 e. The number of imide groups is 1. The minimum Gasteiger partial charge on any atom is -0.334 e. The Hall–Kier alpha value is -1.88. The Morgan fingerprint density at radius 2 is 1.86 bits per heavy atom. The Morgan fingerprint density at radius 3 is 2.50 bits per heavy atom. The van der Waals surface area contributed by atoms with Crippen LogP contribution in [0.4, 0.5) is 4.79 Å². The minimum absolute atomic E-state index is 0.236. The number of amides is 3. The lowest BCUT2D eigenvalue weighted by molar-refractivity contribution is -0.125. The highest BCUT2D eigenvalue weighted by Gasteiger charge is 2.25. The third-order valence-corrected chi connectivity index (χ3v) is 4.28. The lowest BCUT2D eigenvalue weighted by Crippen LogP contribution is -2.51. The fourth-order valence-electron chi connectivity index (χ4n) is 2.62. The summed E-state index contributed by atoms with van der Waals surface area (Å²) in [5.41, 5.74) is 1.00. The second kappa shape index (κ2) is 7.94. The van der Waals surface area contributed by atoms with Gasteiger partial charge in [-0.3, -0.25) is 15.0 Å². The number of carbonyl (C=O) groups is 2. The summed E-state index contributed by atoms with van der Waals surface area (Å²) < 4.78 is 0. The van der Waals surface area contributed by atoms with Crippen LogP contribution < -0.4 is 10.6 Å². The van der Waals surface area contributed by atoms with E-state index in [0.29, 0.717) is 6.54 Å². The zero-order valence-corrected chi connectivity index (χ0v) is 13.3. The summed E-state index contributed by atoms with van der Waals surface area (Å²) in [5, 5.41) is 5.13. The van der Waals surface area contributed by atoms with Gasteiger partial charge in [-0.15, -0.1) is 0 Å². The molecule has 0 bridgehead atoms. The summed E-state index contributed by atoms with van der Waals surface area (Å²) in [6, 6.07) is 8.91. The quantitative estimate of drug-likeness (QED) is 0.896. The third-order valence-electron chi connectivity index (χ3n) is 4.28. The molecule has 0 saturated carbocycles. The lowest BCUT2D eigenvalue weighted by Gasteiger charge is -2.33. The molecule has 0 unspecified atom stereocenters. The molecule has 5 nitrogen and oxygen atoms in total. The molecule has 5 heteroatoms. The van der Waals surface area contributed by atoms with Gasteiger partial charge in [0, 0.05) is 6.54 Å². The molecule has 0 spiro atoms. The molecule has 1 aliphatic heterocycles. The summed E-state index contributed by atoms with van der Waals surface area (Å²) in [6.45, 7) is 6.34. The van der Waals surface area contributed by atoms with Gasteiger partial charge >= 0.3 is 6.03 Å². The predicted molar refractivity (Wildman–Crippen MR) is 86.3 cm³/mol. The first-order valence-corrected chi connectivity index (χ1v) is 7.93. The van der Waals surface area contributed by atoms with Gasteiger partial charge in [-0.05, 0) is 44.3 Å². The van der Waals surface area contributed by atoms with Crippen molar-refractivity contribution in [3.8, 4) is 0 Å². The zero-order chi connectivity index (χ0) is 15.9. The van der Waals surface area contributed by atoms with Crippen LogP contribution in [0.1, 0.15) is 32.3 Å². The molecule has 1 saturated heterocycles. The Morgan fingerprint density at radius 1 is 1.23 bits per heavy atom. The first-order chi connectivity index (χ1) is 10.6. The molecule has 120 valence electrons. The number of likely N-dealkylation sites (tertiary alicyclic amines) is 1. The molecule has 0 aromatic heterocycles. The van der Waals surface area contributed by atoms with E-state index in [9.17, 15) is 9.59 Å². The van der Waals surface area contributed by atoms with Gasteiger partial charge in [-0.2, -0.15) is 0 Å². The molecule has 1 heterocycles. The molecule has 1 fully saturated rings. The Bertz CT molecular complexity index is 496. The maximum Gasteiger partial charge on any atom is 0.321 e. The molecule has 2 N–H and O–H groups in total. The fraction of sp³-hybridized carbons (Fsp3) is 0.529. The first-order valence-electron chi connectivity index (χ1n) is 7.93. The van der Waals surface area contributed by atoms with Gasteiger partial charge in [0.25, 0.3) is 0 Å². The number of nitrogens with zero attached hydrogens (tertiary/aromatic N) is 1. The second-order valence-electron chi connectivity index (χ2n) is 6.05. The second-order valence-corrected chi connectivity index (χ2v) is 6.05. The molecule has 1 atom stereocenters. The van der Waals surface area contributed by atoms with E-state index in [4.69, 9.17) is 0 Å². The van der Waals surface area contributed by atoms with Crippen LogP contribution in [-0.4, -0.2) is 36.0 Å². The van der Waals surface area contributed by atoms with Crippen LogP contribution in [0.25, 0.3) is 0 Å². The molecule has 3 amide bonds. The van der Waals surface area contributed by atoms with Crippen molar-refractivity contribution in [3.63, 3.8) is 0 Å². The topological polar surface area (TPSA) is 61.4 Å². The molecular weight excluding hydrogens is 278 g/mol. The van der Waals surface area contributed by atoms with Crippen molar-refractivity contribution in [2.24, 2.45) is 5.92 Å². The molecule has 1 aromatic carbocycles. The van der Waals surface area contributed by atoms with Crippen LogP contribution in [-0.2, 0) is 11.3 Å². The van der Waals surface area contributed by atoms with Crippen LogP contribution in [0.5, 0.6) is 0 Å². The van der Waals surface area contributed by atoms with Crippen molar-refractivity contribution in [1.29, 1.82) is 0 Å². The molecule has 0 radical (unpaired) electrons. The van der Waals surface area contributed by atoms with E-state index < -0.39 is 6.03 Å². The first kappa shape index (κ1) is 16.5. The van der Waals surface area contributed by atoms with E-state index >= 15 is 0 Å². The predicted octanol–water partition coefficient (Wildman–Crippen LogP) is 2.13. The summed E-state index contributed by atoms with van der Waals surface area (Å²) in [4.78, 5) is 26.1. The number of piperidine rings is 1. The maximum atomic E-state index is 12.1. The van der Waals surface area contributed by atoms with Crippen molar-refractivity contribution >= 4 is 11.9 Å². The average Bonchev–Trinajstić information content (AvgIpc) is 2.54. The summed E-state index contributed by atoms with van der Waals surface area (Å²) in [5.74, 6) is 0.487. The number of urea groups is 1. The fourth-order valence-corrected chi connectivity index (χ4v) is 2.62. The molecule has 1 aromatic rings. The van der Waals surface area contributed by atoms with Crippen LogP contribution in [0.15, 0.2) is 30.3 Å². The normalized spacial score (nSPS) is 17.7. The highest BCUT2D eigenvalue weighted by molar-refractivity contribution is 5.96. The standard InChI is InChI=1S/C17H25N3O2/c1-13-8-10-20(11-9-13)14(2)16(21)19-17(22)18-12-15-6-4-3-5-7-15/h3-7,13-14H,8-12H2,1-2H3,(H2,18,19,21,22)/t14-/m0/s1.